The van der Waals surface area contributed by atoms with Crippen LogP contribution in [0.15, 0.2) is 60.7 Å². The fourth-order valence-electron chi connectivity index (χ4n) is 3.09. The molecule has 0 aliphatic carbocycles. The van der Waals surface area contributed by atoms with Crippen molar-refractivity contribution in [3.05, 3.63) is 71.2 Å². The molecular weight excluding hydrogens is 360 g/mol. The molecule has 2 aromatic carbocycles. The summed E-state index contributed by atoms with van der Waals surface area (Å²) < 4.78 is 0. The average molecular weight is 378 g/mol. The SMILES string of the molecule is O=C(Nc1nnc(Cc2ccccc2)s1)[C@@H]1CC(=O)N(c2ccccc2)C1. The smallest absolute Gasteiger partial charge is 0.231 e. The largest absolute Gasteiger partial charge is 0.312 e. The Labute approximate surface area is 160 Å². The number of nitrogens with zero attached hydrogens (tertiary/aromatic N) is 3. The standard InChI is InChI=1S/C20H18N4O2S/c25-18-12-15(13-24(18)16-9-5-2-6-10-16)19(26)21-20-23-22-17(27-20)11-14-7-3-1-4-8-14/h1-10,15H,11-13H2,(H,21,23,26)/t15-/m1/s1. The fraction of sp³-hybridized carbons (Fsp3) is 0.200. The van der Waals surface area contributed by atoms with Crippen molar-refractivity contribution in [2.24, 2.45) is 5.92 Å². The second-order valence-electron chi connectivity index (χ2n) is 6.39. The number of rotatable bonds is 5. The van der Waals surface area contributed by atoms with E-state index in [1.165, 1.54) is 11.3 Å². The van der Waals surface area contributed by atoms with Gasteiger partial charge in [0, 0.05) is 25.1 Å². The summed E-state index contributed by atoms with van der Waals surface area (Å²) in [5.41, 5.74) is 1.96. The molecule has 0 bridgehead atoms. The molecule has 1 aromatic heterocycles. The van der Waals surface area contributed by atoms with E-state index in [9.17, 15) is 9.59 Å². The third-order valence-electron chi connectivity index (χ3n) is 4.46. The Hall–Kier alpha value is -3.06. The van der Waals surface area contributed by atoms with Crippen molar-refractivity contribution in [1.82, 2.24) is 10.2 Å². The lowest BCUT2D eigenvalue weighted by Gasteiger charge is -2.16. The van der Waals surface area contributed by atoms with Crippen molar-refractivity contribution < 1.29 is 9.59 Å². The van der Waals surface area contributed by atoms with Crippen LogP contribution in [-0.2, 0) is 16.0 Å². The van der Waals surface area contributed by atoms with Gasteiger partial charge in [-0.15, -0.1) is 10.2 Å². The molecule has 2 amide bonds. The predicted octanol–water partition coefficient (Wildman–Crippen LogP) is 3.12. The predicted molar refractivity (Wildman–Crippen MR) is 105 cm³/mol. The van der Waals surface area contributed by atoms with Gasteiger partial charge in [-0.2, -0.15) is 0 Å². The molecule has 0 saturated carbocycles. The topological polar surface area (TPSA) is 75.2 Å². The highest BCUT2D eigenvalue weighted by Crippen LogP contribution is 2.26. The van der Waals surface area contributed by atoms with Crippen LogP contribution in [0.5, 0.6) is 0 Å². The Morgan fingerprint density at radius 3 is 2.52 bits per heavy atom. The number of aromatic nitrogens is 2. The van der Waals surface area contributed by atoms with E-state index in [0.717, 1.165) is 16.3 Å². The van der Waals surface area contributed by atoms with Crippen LogP contribution in [0.1, 0.15) is 17.0 Å². The molecule has 1 atom stereocenters. The summed E-state index contributed by atoms with van der Waals surface area (Å²) in [6.07, 6.45) is 0.883. The van der Waals surface area contributed by atoms with Crippen LogP contribution in [0.2, 0.25) is 0 Å². The lowest BCUT2D eigenvalue weighted by atomic mass is 10.1. The number of carbonyl (C=O) groups excluding carboxylic acids is 2. The molecule has 27 heavy (non-hydrogen) atoms. The van der Waals surface area contributed by atoms with Crippen LogP contribution in [0.25, 0.3) is 0 Å². The van der Waals surface area contributed by atoms with Crippen LogP contribution >= 0.6 is 11.3 Å². The molecule has 136 valence electrons. The first-order valence-corrected chi connectivity index (χ1v) is 9.53. The molecule has 0 radical (unpaired) electrons. The van der Waals surface area contributed by atoms with E-state index >= 15 is 0 Å². The minimum Gasteiger partial charge on any atom is -0.312 e. The monoisotopic (exact) mass is 378 g/mol. The third-order valence-corrected chi connectivity index (χ3v) is 5.30. The number of carbonyl (C=O) groups is 2. The van der Waals surface area contributed by atoms with Gasteiger partial charge in [-0.05, 0) is 17.7 Å². The lowest BCUT2D eigenvalue weighted by molar-refractivity contribution is -0.122. The molecule has 1 fully saturated rings. The first-order chi connectivity index (χ1) is 13.2. The molecule has 3 aromatic rings. The first kappa shape index (κ1) is 17.4. The summed E-state index contributed by atoms with van der Waals surface area (Å²) in [7, 11) is 0. The molecule has 1 N–H and O–H groups in total. The number of nitrogens with one attached hydrogen (secondary N) is 1. The number of amides is 2. The molecule has 1 aliphatic rings. The van der Waals surface area contributed by atoms with Gasteiger partial charge < -0.3 is 10.2 Å². The Bertz CT molecular complexity index is 943. The lowest BCUT2D eigenvalue weighted by Crippen LogP contribution is -2.28. The van der Waals surface area contributed by atoms with E-state index in [1.54, 1.807) is 4.90 Å². The summed E-state index contributed by atoms with van der Waals surface area (Å²) in [6, 6.07) is 19.4. The van der Waals surface area contributed by atoms with Crippen molar-refractivity contribution in [3.63, 3.8) is 0 Å². The van der Waals surface area contributed by atoms with Crippen molar-refractivity contribution in [1.29, 1.82) is 0 Å². The zero-order valence-corrected chi connectivity index (χ0v) is 15.4. The van der Waals surface area contributed by atoms with Crippen LogP contribution in [0, 0.1) is 5.92 Å². The Balaban J connectivity index is 1.38. The van der Waals surface area contributed by atoms with Crippen molar-refractivity contribution in [2.45, 2.75) is 12.8 Å². The van der Waals surface area contributed by atoms with E-state index in [4.69, 9.17) is 0 Å². The van der Waals surface area contributed by atoms with E-state index in [2.05, 4.69) is 15.5 Å². The van der Waals surface area contributed by atoms with Crippen LogP contribution in [0.4, 0.5) is 10.8 Å². The quantitative estimate of drug-likeness (QED) is 0.740. The van der Waals surface area contributed by atoms with Gasteiger partial charge in [0.25, 0.3) is 0 Å². The maximum Gasteiger partial charge on any atom is 0.231 e. The number of hydrogen-bond donors (Lipinski definition) is 1. The van der Waals surface area contributed by atoms with Gasteiger partial charge in [0.05, 0.1) is 5.92 Å². The van der Waals surface area contributed by atoms with Crippen LogP contribution < -0.4 is 10.2 Å². The molecule has 6 nitrogen and oxygen atoms in total. The van der Waals surface area contributed by atoms with Crippen molar-refractivity contribution >= 4 is 34.0 Å². The number of anilines is 2. The summed E-state index contributed by atoms with van der Waals surface area (Å²) >= 11 is 1.36. The van der Waals surface area contributed by atoms with E-state index in [0.29, 0.717) is 18.1 Å². The van der Waals surface area contributed by atoms with Gasteiger partial charge >= 0.3 is 0 Å². The molecular formula is C20H18N4O2S. The second-order valence-corrected chi connectivity index (χ2v) is 7.46. The van der Waals surface area contributed by atoms with Gasteiger partial charge in [0.2, 0.25) is 16.9 Å². The number of benzene rings is 2. The van der Waals surface area contributed by atoms with Crippen LogP contribution in [-0.4, -0.2) is 28.6 Å². The normalized spacial score (nSPS) is 16.5. The average Bonchev–Trinajstić information content (AvgIpc) is 3.30. The molecule has 7 heteroatoms. The third kappa shape index (κ3) is 4.03. The van der Waals surface area contributed by atoms with Gasteiger partial charge in [-0.25, -0.2) is 0 Å². The molecule has 2 heterocycles. The number of para-hydroxylation sites is 1. The highest BCUT2D eigenvalue weighted by atomic mass is 32.1. The summed E-state index contributed by atoms with van der Waals surface area (Å²) in [5.74, 6) is -0.619. The molecule has 1 aliphatic heterocycles. The summed E-state index contributed by atoms with van der Waals surface area (Å²) in [4.78, 5) is 26.5. The van der Waals surface area contributed by atoms with Gasteiger partial charge in [-0.1, -0.05) is 59.9 Å². The highest BCUT2D eigenvalue weighted by molar-refractivity contribution is 7.15. The maximum absolute atomic E-state index is 12.6. The maximum atomic E-state index is 12.6. The minimum atomic E-state index is -0.390. The van der Waals surface area contributed by atoms with Gasteiger partial charge in [0.15, 0.2) is 0 Å². The van der Waals surface area contributed by atoms with Gasteiger partial charge in [0.1, 0.15) is 5.01 Å². The van der Waals surface area contributed by atoms with E-state index in [1.807, 2.05) is 60.7 Å². The second kappa shape index (κ2) is 7.67. The van der Waals surface area contributed by atoms with E-state index in [-0.39, 0.29) is 24.2 Å². The van der Waals surface area contributed by atoms with Crippen molar-refractivity contribution in [2.75, 3.05) is 16.8 Å². The summed E-state index contributed by atoms with van der Waals surface area (Å²) in [6.45, 7) is 0.379. The minimum absolute atomic E-state index is 0.0385. The Morgan fingerprint density at radius 1 is 1.07 bits per heavy atom. The fourth-order valence-corrected chi connectivity index (χ4v) is 3.87. The molecule has 1 saturated heterocycles. The molecule has 4 rings (SSSR count). The van der Waals surface area contributed by atoms with E-state index < -0.39 is 0 Å². The Morgan fingerprint density at radius 2 is 1.78 bits per heavy atom. The zero-order chi connectivity index (χ0) is 18.6. The summed E-state index contributed by atoms with van der Waals surface area (Å²) in [5, 5.41) is 12.3. The molecule has 0 spiro atoms. The highest BCUT2D eigenvalue weighted by Gasteiger charge is 2.35. The Kier molecular flexibility index (Phi) is 4.93. The number of hydrogen-bond acceptors (Lipinski definition) is 5. The van der Waals surface area contributed by atoms with Crippen LogP contribution in [0.3, 0.4) is 0 Å². The molecule has 0 unspecified atom stereocenters. The zero-order valence-electron chi connectivity index (χ0n) is 14.5. The first-order valence-electron chi connectivity index (χ1n) is 8.71. The van der Waals surface area contributed by atoms with Crippen molar-refractivity contribution in [3.8, 4) is 0 Å². The van der Waals surface area contributed by atoms with Gasteiger partial charge in [-0.3, -0.25) is 9.59 Å².